The minimum atomic E-state index is -0.941. The summed E-state index contributed by atoms with van der Waals surface area (Å²) in [6.07, 6.45) is 4.48. The van der Waals surface area contributed by atoms with E-state index in [1.54, 1.807) is 0 Å². The summed E-state index contributed by atoms with van der Waals surface area (Å²) < 4.78 is 28.8. The molecule has 0 aliphatic carbocycles. The Kier molecular flexibility index (Phi) is 5.74. The van der Waals surface area contributed by atoms with E-state index in [1.165, 1.54) is 6.42 Å². The van der Waals surface area contributed by atoms with Crippen LogP contribution in [0.5, 0.6) is 0 Å². The quantitative estimate of drug-likeness (QED) is 0.669. The summed E-state index contributed by atoms with van der Waals surface area (Å²) in [7, 11) is 0. The highest BCUT2D eigenvalue weighted by atomic mass is 19.1. The molecule has 8 heteroatoms. The monoisotopic (exact) mass is 412 g/mol. The number of carbonyl (C=O) groups excluding carboxylic acids is 2. The summed E-state index contributed by atoms with van der Waals surface area (Å²) in [5.41, 5.74) is 2.29. The van der Waals surface area contributed by atoms with Gasteiger partial charge in [0.1, 0.15) is 17.5 Å². The summed E-state index contributed by atoms with van der Waals surface area (Å²) in [4.78, 5) is 28.9. The van der Waals surface area contributed by atoms with E-state index in [9.17, 15) is 18.4 Å². The van der Waals surface area contributed by atoms with Crippen molar-refractivity contribution in [1.29, 1.82) is 0 Å². The van der Waals surface area contributed by atoms with Crippen LogP contribution >= 0.6 is 0 Å². The Hall–Kier alpha value is -3.29. The predicted molar refractivity (Wildman–Crippen MR) is 109 cm³/mol. The van der Waals surface area contributed by atoms with Crippen LogP contribution in [-0.2, 0) is 17.8 Å². The maximum absolute atomic E-state index is 13.6. The Balaban J connectivity index is 1.33. The van der Waals surface area contributed by atoms with Crippen LogP contribution < -0.4 is 10.6 Å². The van der Waals surface area contributed by atoms with Crippen LogP contribution in [0.1, 0.15) is 41.9 Å². The number of anilines is 1. The summed E-state index contributed by atoms with van der Waals surface area (Å²) >= 11 is 0. The van der Waals surface area contributed by atoms with E-state index >= 15 is 0 Å². The molecule has 3 aromatic rings. The average Bonchev–Trinajstić information content (AvgIpc) is 2.88. The molecule has 30 heavy (non-hydrogen) atoms. The van der Waals surface area contributed by atoms with Gasteiger partial charge in [-0.1, -0.05) is 6.42 Å². The van der Waals surface area contributed by atoms with E-state index in [0.29, 0.717) is 11.8 Å². The zero-order valence-corrected chi connectivity index (χ0v) is 16.4. The van der Waals surface area contributed by atoms with Crippen molar-refractivity contribution in [1.82, 2.24) is 14.9 Å². The highest BCUT2D eigenvalue weighted by molar-refractivity contribution is 5.96. The second-order valence-electron chi connectivity index (χ2n) is 7.37. The molecular weight excluding hydrogens is 390 g/mol. The number of aryl methyl sites for hydroxylation is 2. The molecule has 0 bridgehead atoms. The number of carbonyl (C=O) groups is 2. The molecule has 2 aromatic carbocycles. The molecule has 0 spiro atoms. The Morgan fingerprint density at radius 2 is 1.93 bits per heavy atom. The number of amides is 2. The minimum Gasteiger partial charge on any atom is -0.351 e. The molecule has 0 saturated heterocycles. The first-order valence-corrected chi connectivity index (χ1v) is 10.0. The van der Waals surface area contributed by atoms with Crippen LogP contribution in [0.2, 0.25) is 0 Å². The van der Waals surface area contributed by atoms with Gasteiger partial charge in [-0.3, -0.25) is 9.59 Å². The minimum absolute atomic E-state index is 0.0201. The third-order valence-electron chi connectivity index (χ3n) is 5.21. The van der Waals surface area contributed by atoms with Crippen molar-refractivity contribution in [3.05, 3.63) is 59.4 Å². The normalized spacial score (nSPS) is 13.5. The van der Waals surface area contributed by atoms with Gasteiger partial charge in [-0.25, -0.2) is 13.8 Å². The van der Waals surface area contributed by atoms with Crippen molar-refractivity contribution in [2.45, 2.75) is 38.6 Å². The first kappa shape index (κ1) is 20.0. The molecule has 1 aliphatic rings. The third-order valence-corrected chi connectivity index (χ3v) is 5.21. The molecular formula is C22H22F2N4O2. The van der Waals surface area contributed by atoms with Gasteiger partial charge in [0.05, 0.1) is 16.6 Å². The second kappa shape index (κ2) is 8.61. The number of fused-ring (bicyclic) bond motifs is 3. The van der Waals surface area contributed by atoms with Crippen molar-refractivity contribution in [3.8, 4) is 0 Å². The first-order chi connectivity index (χ1) is 14.5. The van der Waals surface area contributed by atoms with Crippen LogP contribution in [0.4, 0.5) is 14.5 Å². The average molecular weight is 412 g/mol. The molecule has 0 fully saturated rings. The standard InChI is InChI=1S/C22H22F2N4O2/c23-14-5-7-16(17(24)12-14)22(30)25-10-9-21(29)26-15-6-8-19-18(13-15)27-20-4-2-1-3-11-28(19)20/h5-8,12-13H,1-4,9-11H2,(H,25,30)(H,26,29). The largest absolute Gasteiger partial charge is 0.351 e. The highest BCUT2D eigenvalue weighted by Crippen LogP contribution is 2.24. The molecule has 1 aliphatic heterocycles. The molecule has 156 valence electrons. The Morgan fingerprint density at radius 1 is 1.07 bits per heavy atom. The zero-order chi connectivity index (χ0) is 21.1. The Morgan fingerprint density at radius 3 is 2.77 bits per heavy atom. The lowest BCUT2D eigenvalue weighted by Gasteiger charge is -2.08. The second-order valence-corrected chi connectivity index (χ2v) is 7.37. The number of hydrogen-bond donors (Lipinski definition) is 2. The van der Waals surface area contributed by atoms with Crippen molar-refractivity contribution < 1.29 is 18.4 Å². The van der Waals surface area contributed by atoms with E-state index < -0.39 is 17.5 Å². The SMILES string of the molecule is O=C(CCNC(=O)c1ccc(F)cc1F)Nc1ccc2c(c1)nc1n2CCCCC1. The lowest BCUT2D eigenvalue weighted by Crippen LogP contribution is -2.28. The van der Waals surface area contributed by atoms with E-state index in [1.807, 2.05) is 18.2 Å². The predicted octanol–water partition coefficient (Wildman–Crippen LogP) is 3.80. The van der Waals surface area contributed by atoms with E-state index in [-0.39, 0.29) is 24.4 Å². The number of nitrogens with zero attached hydrogens (tertiary/aromatic N) is 2. The highest BCUT2D eigenvalue weighted by Gasteiger charge is 2.15. The lowest BCUT2D eigenvalue weighted by molar-refractivity contribution is -0.116. The molecule has 0 atom stereocenters. The summed E-state index contributed by atoms with van der Waals surface area (Å²) in [5, 5.41) is 5.26. The van der Waals surface area contributed by atoms with E-state index in [2.05, 4.69) is 15.2 Å². The van der Waals surface area contributed by atoms with Crippen molar-refractivity contribution in [2.24, 2.45) is 0 Å². The van der Waals surface area contributed by atoms with Crippen molar-refractivity contribution >= 4 is 28.5 Å². The molecule has 2 amide bonds. The van der Waals surface area contributed by atoms with Gasteiger partial charge in [0.2, 0.25) is 5.91 Å². The van der Waals surface area contributed by atoms with Gasteiger partial charge >= 0.3 is 0 Å². The van der Waals surface area contributed by atoms with Crippen LogP contribution in [0.3, 0.4) is 0 Å². The van der Waals surface area contributed by atoms with Gasteiger partial charge in [-0.05, 0) is 43.2 Å². The smallest absolute Gasteiger partial charge is 0.254 e. The maximum atomic E-state index is 13.6. The molecule has 0 unspecified atom stereocenters. The van der Waals surface area contributed by atoms with Crippen LogP contribution in [0.15, 0.2) is 36.4 Å². The Labute approximate surface area is 172 Å². The number of rotatable bonds is 5. The number of nitrogens with one attached hydrogen (secondary N) is 2. The number of hydrogen-bond acceptors (Lipinski definition) is 3. The third kappa shape index (κ3) is 4.32. The molecule has 0 saturated carbocycles. The lowest BCUT2D eigenvalue weighted by atomic mass is 10.2. The number of aromatic nitrogens is 2. The van der Waals surface area contributed by atoms with Gasteiger partial charge < -0.3 is 15.2 Å². The zero-order valence-electron chi connectivity index (χ0n) is 16.4. The first-order valence-electron chi connectivity index (χ1n) is 10.0. The molecule has 2 N–H and O–H groups in total. The van der Waals surface area contributed by atoms with Gasteiger partial charge in [-0.15, -0.1) is 0 Å². The van der Waals surface area contributed by atoms with Crippen LogP contribution in [0.25, 0.3) is 11.0 Å². The number of imidazole rings is 1. The summed E-state index contributed by atoms with van der Waals surface area (Å²) in [5.74, 6) is -1.59. The molecule has 1 aromatic heterocycles. The van der Waals surface area contributed by atoms with Gasteiger partial charge in [0, 0.05) is 37.7 Å². The molecule has 2 heterocycles. The van der Waals surface area contributed by atoms with Crippen molar-refractivity contribution in [3.63, 3.8) is 0 Å². The summed E-state index contributed by atoms with van der Waals surface area (Å²) in [6, 6.07) is 8.38. The fourth-order valence-corrected chi connectivity index (χ4v) is 3.71. The molecule has 4 rings (SSSR count). The fraction of sp³-hybridized carbons (Fsp3) is 0.318. The molecule has 6 nitrogen and oxygen atoms in total. The number of benzene rings is 2. The van der Waals surface area contributed by atoms with Gasteiger partial charge in [0.15, 0.2) is 0 Å². The van der Waals surface area contributed by atoms with Crippen molar-refractivity contribution in [2.75, 3.05) is 11.9 Å². The Bertz CT molecular complexity index is 1110. The fourth-order valence-electron chi connectivity index (χ4n) is 3.71. The van der Waals surface area contributed by atoms with Gasteiger partial charge in [0.25, 0.3) is 5.91 Å². The summed E-state index contributed by atoms with van der Waals surface area (Å²) in [6.45, 7) is 0.994. The van der Waals surface area contributed by atoms with Crippen LogP contribution in [-0.4, -0.2) is 27.9 Å². The molecule has 0 radical (unpaired) electrons. The van der Waals surface area contributed by atoms with Gasteiger partial charge in [-0.2, -0.15) is 0 Å². The number of halogens is 2. The van der Waals surface area contributed by atoms with Crippen LogP contribution in [0, 0.1) is 11.6 Å². The topological polar surface area (TPSA) is 76.0 Å². The van der Waals surface area contributed by atoms with E-state index in [0.717, 1.165) is 54.8 Å². The van der Waals surface area contributed by atoms with E-state index in [4.69, 9.17) is 4.98 Å². The maximum Gasteiger partial charge on any atom is 0.254 e.